The minimum Gasteiger partial charge on any atom is -0.496 e. The minimum absolute atomic E-state index is 0.0107. The summed E-state index contributed by atoms with van der Waals surface area (Å²) in [5.74, 6) is -0.756. The molecule has 1 saturated heterocycles. The molecule has 0 radical (unpaired) electrons. The quantitative estimate of drug-likeness (QED) is 0.693. The summed E-state index contributed by atoms with van der Waals surface area (Å²) in [4.78, 5) is 12.9. The van der Waals surface area contributed by atoms with Gasteiger partial charge in [-0.15, -0.1) is 0 Å². The molecular weight excluding hydrogens is 427 g/mol. The molecule has 1 fully saturated rings. The van der Waals surface area contributed by atoms with E-state index in [2.05, 4.69) is 5.32 Å². The van der Waals surface area contributed by atoms with Crippen LogP contribution in [0.3, 0.4) is 0 Å². The molecule has 0 saturated carbocycles. The number of ether oxygens (including phenoxy) is 3. The van der Waals surface area contributed by atoms with Crippen molar-refractivity contribution in [1.29, 1.82) is 0 Å². The standard InChI is InChI=1S/C21H25FN2O6S/c1-14(15-4-6-20(29-3)18(22)12-15)23-21(25)17-13-16(5-7-19(17)28-2)31(26,27)24-8-10-30-11-9-24/h4-7,12-14H,8-11H2,1-3H3,(H,23,25). The minimum atomic E-state index is -3.78. The number of carbonyl (C=O) groups excluding carboxylic acids is 1. The second kappa shape index (κ2) is 9.63. The number of sulfonamides is 1. The molecule has 31 heavy (non-hydrogen) atoms. The van der Waals surface area contributed by atoms with Crippen molar-refractivity contribution in [3.8, 4) is 11.5 Å². The first-order valence-electron chi connectivity index (χ1n) is 9.68. The van der Waals surface area contributed by atoms with Gasteiger partial charge < -0.3 is 19.5 Å². The van der Waals surface area contributed by atoms with E-state index in [1.807, 2.05) is 0 Å². The van der Waals surface area contributed by atoms with Crippen molar-refractivity contribution in [3.05, 3.63) is 53.3 Å². The number of benzene rings is 2. The van der Waals surface area contributed by atoms with Gasteiger partial charge in [0.05, 0.1) is 43.9 Å². The summed E-state index contributed by atoms with van der Waals surface area (Å²) in [6.45, 7) is 2.82. The van der Waals surface area contributed by atoms with Crippen LogP contribution in [-0.2, 0) is 14.8 Å². The molecule has 2 aromatic carbocycles. The highest BCUT2D eigenvalue weighted by atomic mass is 32.2. The zero-order valence-electron chi connectivity index (χ0n) is 17.6. The van der Waals surface area contributed by atoms with Gasteiger partial charge in [0.15, 0.2) is 11.6 Å². The number of hydrogen-bond donors (Lipinski definition) is 1. The third-order valence-corrected chi connectivity index (χ3v) is 6.94. The van der Waals surface area contributed by atoms with Crippen LogP contribution < -0.4 is 14.8 Å². The van der Waals surface area contributed by atoms with Crippen LogP contribution in [0.5, 0.6) is 11.5 Å². The first-order chi connectivity index (χ1) is 14.8. The van der Waals surface area contributed by atoms with Crippen molar-refractivity contribution in [2.75, 3.05) is 40.5 Å². The van der Waals surface area contributed by atoms with Crippen molar-refractivity contribution >= 4 is 15.9 Å². The third-order valence-electron chi connectivity index (χ3n) is 5.05. The Hall–Kier alpha value is -2.69. The summed E-state index contributed by atoms with van der Waals surface area (Å²) in [6, 6.07) is 7.99. The molecule has 8 nitrogen and oxygen atoms in total. The van der Waals surface area contributed by atoms with Gasteiger partial charge in [-0.25, -0.2) is 12.8 Å². The molecule has 1 aliphatic rings. The largest absolute Gasteiger partial charge is 0.496 e. The second-order valence-electron chi connectivity index (χ2n) is 6.97. The monoisotopic (exact) mass is 452 g/mol. The number of nitrogens with one attached hydrogen (secondary N) is 1. The van der Waals surface area contributed by atoms with E-state index in [-0.39, 0.29) is 35.0 Å². The zero-order chi connectivity index (χ0) is 22.6. The van der Waals surface area contributed by atoms with Gasteiger partial charge in [-0.2, -0.15) is 4.31 Å². The summed E-state index contributed by atoms with van der Waals surface area (Å²) in [6.07, 6.45) is 0. The maximum Gasteiger partial charge on any atom is 0.255 e. The maximum atomic E-state index is 14.0. The van der Waals surface area contributed by atoms with E-state index < -0.39 is 27.8 Å². The first kappa shape index (κ1) is 23.0. The SMILES string of the molecule is COc1ccc(C(C)NC(=O)c2cc(S(=O)(=O)N3CCOCC3)ccc2OC)cc1F. The Kier molecular flexibility index (Phi) is 7.14. The van der Waals surface area contributed by atoms with Crippen molar-refractivity contribution < 1.29 is 31.8 Å². The lowest BCUT2D eigenvalue weighted by molar-refractivity contribution is 0.0730. The zero-order valence-corrected chi connectivity index (χ0v) is 18.4. The van der Waals surface area contributed by atoms with Crippen LogP contribution in [0.4, 0.5) is 4.39 Å². The van der Waals surface area contributed by atoms with Crippen molar-refractivity contribution in [2.45, 2.75) is 17.9 Å². The fourth-order valence-corrected chi connectivity index (χ4v) is 4.71. The van der Waals surface area contributed by atoms with Crippen LogP contribution >= 0.6 is 0 Å². The average molecular weight is 453 g/mol. The smallest absolute Gasteiger partial charge is 0.255 e. The average Bonchev–Trinajstić information content (AvgIpc) is 2.79. The highest BCUT2D eigenvalue weighted by Crippen LogP contribution is 2.27. The van der Waals surface area contributed by atoms with Crippen molar-refractivity contribution in [3.63, 3.8) is 0 Å². The van der Waals surface area contributed by atoms with Crippen LogP contribution in [0.2, 0.25) is 0 Å². The number of rotatable bonds is 7. The van der Waals surface area contributed by atoms with Gasteiger partial charge in [-0.1, -0.05) is 6.07 Å². The molecule has 0 spiro atoms. The Balaban J connectivity index is 1.86. The van der Waals surface area contributed by atoms with Crippen LogP contribution in [0.15, 0.2) is 41.3 Å². The topological polar surface area (TPSA) is 94.2 Å². The van der Waals surface area contributed by atoms with Crippen LogP contribution in [0.25, 0.3) is 0 Å². The van der Waals surface area contributed by atoms with E-state index in [9.17, 15) is 17.6 Å². The summed E-state index contributed by atoms with van der Waals surface area (Å²) < 4.78 is 56.6. The molecule has 168 valence electrons. The fourth-order valence-electron chi connectivity index (χ4n) is 3.27. The Morgan fingerprint density at radius 3 is 2.35 bits per heavy atom. The van der Waals surface area contributed by atoms with Crippen molar-refractivity contribution in [1.82, 2.24) is 9.62 Å². The van der Waals surface area contributed by atoms with Gasteiger partial charge in [-0.3, -0.25) is 4.79 Å². The first-order valence-corrected chi connectivity index (χ1v) is 11.1. The number of morpholine rings is 1. The lowest BCUT2D eigenvalue weighted by atomic mass is 10.1. The molecule has 1 aliphatic heterocycles. The van der Waals surface area contributed by atoms with E-state index in [4.69, 9.17) is 14.2 Å². The molecule has 1 amide bonds. The molecule has 10 heteroatoms. The van der Waals surface area contributed by atoms with Crippen molar-refractivity contribution in [2.24, 2.45) is 0 Å². The molecule has 1 N–H and O–H groups in total. The molecule has 2 aromatic rings. The van der Waals surface area contributed by atoms with Crippen LogP contribution in [0.1, 0.15) is 28.9 Å². The number of halogens is 1. The van der Waals surface area contributed by atoms with Crippen LogP contribution in [-0.4, -0.2) is 59.2 Å². The molecule has 0 aliphatic carbocycles. The summed E-state index contributed by atoms with van der Waals surface area (Å²) >= 11 is 0. The lowest BCUT2D eigenvalue weighted by Gasteiger charge is -2.26. The number of hydrogen-bond acceptors (Lipinski definition) is 6. The molecule has 1 atom stereocenters. The Bertz CT molecular complexity index is 1050. The third kappa shape index (κ3) is 4.97. The molecular formula is C21H25FN2O6S. The van der Waals surface area contributed by atoms with Gasteiger partial charge in [-0.05, 0) is 42.8 Å². The second-order valence-corrected chi connectivity index (χ2v) is 8.91. The summed E-state index contributed by atoms with van der Waals surface area (Å²) in [5.41, 5.74) is 0.598. The summed E-state index contributed by atoms with van der Waals surface area (Å²) in [7, 11) is -1.02. The Morgan fingerprint density at radius 2 is 1.74 bits per heavy atom. The fraction of sp³-hybridized carbons (Fsp3) is 0.381. The normalized spacial score (nSPS) is 15.9. The highest BCUT2D eigenvalue weighted by Gasteiger charge is 2.28. The number of amides is 1. The van der Waals surface area contributed by atoms with Gasteiger partial charge in [0.2, 0.25) is 10.0 Å². The Labute approximate surface area is 181 Å². The highest BCUT2D eigenvalue weighted by molar-refractivity contribution is 7.89. The van der Waals surface area contributed by atoms with E-state index >= 15 is 0 Å². The number of methoxy groups -OCH3 is 2. The molecule has 0 aromatic heterocycles. The molecule has 1 unspecified atom stereocenters. The number of nitrogens with zero attached hydrogens (tertiary/aromatic N) is 1. The van der Waals surface area contributed by atoms with E-state index in [0.29, 0.717) is 18.8 Å². The summed E-state index contributed by atoms with van der Waals surface area (Å²) in [5, 5.41) is 2.76. The molecule has 0 bridgehead atoms. The van der Waals surface area contributed by atoms with Gasteiger partial charge in [0.1, 0.15) is 5.75 Å². The van der Waals surface area contributed by atoms with Gasteiger partial charge >= 0.3 is 0 Å². The van der Waals surface area contributed by atoms with Gasteiger partial charge in [0, 0.05) is 13.1 Å². The predicted octanol–water partition coefficient (Wildman–Crippen LogP) is 2.35. The maximum absolute atomic E-state index is 14.0. The van der Waals surface area contributed by atoms with E-state index in [0.717, 1.165) is 0 Å². The number of carbonyl (C=O) groups is 1. The molecule has 1 heterocycles. The van der Waals surface area contributed by atoms with E-state index in [1.54, 1.807) is 13.0 Å². The predicted molar refractivity (Wildman–Crippen MR) is 111 cm³/mol. The Morgan fingerprint density at radius 1 is 1.10 bits per heavy atom. The molecule has 3 rings (SSSR count). The lowest BCUT2D eigenvalue weighted by Crippen LogP contribution is -2.40. The van der Waals surface area contributed by atoms with Gasteiger partial charge in [0.25, 0.3) is 5.91 Å². The van der Waals surface area contributed by atoms with Crippen LogP contribution in [0, 0.1) is 5.82 Å². The van der Waals surface area contributed by atoms with E-state index in [1.165, 1.54) is 48.9 Å².